The second-order valence-electron chi connectivity index (χ2n) is 4.08. The van der Waals surface area contributed by atoms with Gasteiger partial charge in [0.1, 0.15) is 18.1 Å². The van der Waals surface area contributed by atoms with E-state index in [-0.39, 0.29) is 0 Å². The molecular formula is C15H18N2O2. The number of anilines is 2. The summed E-state index contributed by atoms with van der Waals surface area (Å²) >= 11 is 0. The van der Waals surface area contributed by atoms with E-state index in [0.29, 0.717) is 6.61 Å². The van der Waals surface area contributed by atoms with Crippen molar-refractivity contribution in [1.82, 2.24) is 0 Å². The van der Waals surface area contributed by atoms with Crippen molar-refractivity contribution in [2.75, 3.05) is 31.3 Å². The van der Waals surface area contributed by atoms with Crippen molar-refractivity contribution in [3.8, 4) is 11.5 Å². The van der Waals surface area contributed by atoms with Gasteiger partial charge in [0.25, 0.3) is 0 Å². The molecule has 0 aliphatic carbocycles. The van der Waals surface area contributed by atoms with Crippen LogP contribution < -0.4 is 20.5 Å². The Hall–Kier alpha value is -2.36. The predicted octanol–water partition coefficient (Wildman–Crippen LogP) is 2.77. The monoisotopic (exact) mass is 258 g/mol. The Morgan fingerprint density at radius 2 is 1.84 bits per heavy atom. The molecule has 0 saturated heterocycles. The van der Waals surface area contributed by atoms with Crippen molar-refractivity contribution >= 4 is 11.4 Å². The van der Waals surface area contributed by atoms with Crippen LogP contribution in [-0.4, -0.2) is 20.3 Å². The normalized spacial score (nSPS) is 9.95. The number of benzene rings is 2. The van der Waals surface area contributed by atoms with E-state index >= 15 is 0 Å². The lowest BCUT2D eigenvalue weighted by Crippen LogP contribution is -2.11. The van der Waals surface area contributed by atoms with Crippen molar-refractivity contribution in [3.63, 3.8) is 0 Å². The van der Waals surface area contributed by atoms with Crippen LogP contribution in [0.2, 0.25) is 0 Å². The van der Waals surface area contributed by atoms with Gasteiger partial charge in [-0.25, -0.2) is 0 Å². The van der Waals surface area contributed by atoms with Crippen LogP contribution in [0.4, 0.5) is 11.4 Å². The zero-order valence-electron chi connectivity index (χ0n) is 10.9. The van der Waals surface area contributed by atoms with E-state index in [4.69, 9.17) is 15.2 Å². The van der Waals surface area contributed by atoms with Crippen LogP contribution >= 0.6 is 0 Å². The highest BCUT2D eigenvalue weighted by Crippen LogP contribution is 2.16. The third kappa shape index (κ3) is 4.10. The molecule has 0 aliphatic rings. The fourth-order valence-electron chi connectivity index (χ4n) is 1.66. The maximum absolute atomic E-state index is 5.61. The summed E-state index contributed by atoms with van der Waals surface area (Å²) in [6.45, 7) is 1.30. The highest BCUT2D eigenvalue weighted by atomic mass is 16.5. The third-order valence-corrected chi connectivity index (χ3v) is 2.65. The first-order valence-corrected chi connectivity index (χ1v) is 6.14. The molecule has 0 heterocycles. The van der Waals surface area contributed by atoms with Gasteiger partial charge in [-0.15, -0.1) is 0 Å². The van der Waals surface area contributed by atoms with Crippen LogP contribution in [0, 0.1) is 0 Å². The summed E-state index contributed by atoms with van der Waals surface area (Å²) in [5.74, 6) is 1.66. The molecule has 0 saturated carbocycles. The average Bonchev–Trinajstić information content (AvgIpc) is 2.46. The van der Waals surface area contributed by atoms with Gasteiger partial charge in [0, 0.05) is 24.0 Å². The topological polar surface area (TPSA) is 56.5 Å². The lowest BCUT2D eigenvalue weighted by Gasteiger charge is -2.09. The standard InChI is InChI=1S/C15H18N2O2/c1-18-15-4-2-3-13(11-15)17-9-10-19-14-7-5-12(16)6-8-14/h2-8,11,17H,9-10,16H2,1H3. The molecule has 0 bridgehead atoms. The molecular weight excluding hydrogens is 240 g/mol. The minimum Gasteiger partial charge on any atom is -0.497 e. The maximum atomic E-state index is 5.61. The first-order valence-electron chi connectivity index (χ1n) is 6.14. The Labute approximate surface area is 113 Å². The Bertz CT molecular complexity index is 512. The largest absolute Gasteiger partial charge is 0.497 e. The fraction of sp³-hybridized carbons (Fsp3) is 0.200. The molecule has 19 heavy (non-hydrogen) atoms. The van der Waals surface area contributed by atoms with Gasteiger partial charge in [-0.05, 0) is 36.4 Å². The zero-order chi connectivity index (χ0) is 13.5. The molecule has 0 radical (unpaired) electrons. The smallest absolute Gasteiger partial charge is 0.120 e. The number of hydrogen-bond acceptors (Lipinski definition) is 4. The second-order valence-corrected chi connectivity index (χ2v) is 4.08. The van der Waals surface area contributed by atoms with Crippen molar-refractivity contribution in [3.05, 3.63) is 48.5 Å². The SMILES string of the molecule is COc1cccc(NCCOc2ccc(N)cc2)c1. The zero-order valence-corrected chi connectivity index (χ0v) is 10.9. The maximum Gasteiger partial charge on any atom is 0.120 e. The van der Waals surface area contributed by atoms with Crippen LogP contribution in [0.15, 0.2) is 48.5 Å². The molecule has 0 fully saturated rings. The Morgan fingerprint density at radius 1 is 1.05 bits per heavy atom. The van der Waals surface area contributed by atoms with Gasteiger partial charge >= 0.3 is 0 Å². The third-order valence-electron chi connectivity index (χ3n) is 2.65. The number of rotatable bonds is 6. The van der Waals surface area contributed by atoms with Crippen LogP contribution in [0.5, 0.6) is 11.5 Å². The molecule has 0 atom stereocenters. The molecule has 0 spiro atoms. The van der Waals surface area contributed by atoms with Crippen LogP contribution in [0.25, 0.3) is 0 Å². The van der Waals surface area contributed by atoms with E-state index in [1.807, 2.05) is 48.5 Å². The van der Waals surface area contributed by atoms with Gasteiger partial charge in [0.15, 0.2) is 0 Å². The Balaban J connectivity index is 1.75. The number of ether oxygens (including phenoxy) is 2. The van der Waals surface area contributed by atoms with Crippen LogP contribution in [0.3, 0.4) is 0 Å². The van der Waals surface area contributed by atoms with Gasteiger partial charge in [0.05, 0.1) is 7.11 Å². The van der Waals surface area contributed by atoms with E-state index in [2.05, 4.69) is 5.32 Å². The van der Waals surface area contributed by atoms with Crippen molar-refractivity contribution < 1.29 is 9.47 Å². The molecule has 4 heteroatoms. The summed E-state index contributed by atoms with van der Waals surface area (Å²) in [5, 5.41) is 3.27. The molecule has 2 aromatic rings. The van der Waals surface area contributed by atoms with Gasteiger partial charge in [0.2, 0.25) is 0 Å². The van der Waals surface area contributed by atoms with E-state index in [1.54, 1.807) is 7.11 Å². The summed E-state index contributed by atoms with van der Waals surface area (Å²) < 4.78 is 10.7. The molecule has 2 aromatic carbocycles. The van der Waals surface area contributed by atoms with Gasteiger partial charge < -0.3 is 20.5 Å². The van der Waals surface area contributed by atoms with E-state index in [1.165, 1.54) is 0 Å². The van der Waals surface area contributed by atoms with Gasteiger partial charge in [-0.1, -0.05) is 6.07 Å². The van der Waals surface area contributed by atoms with Crippen molar-refractivity contribution in [2.24, 2.45) is 0 Å². The number of nitrogen functional groups attached to an aromatic ring is 1. The highest BCUT2D eigenvalue weighted by Gasteiger charge is 1.96. The summed E-state index contributed by atoms with van der Waals surface area (Å²) in [5.41, 5.74) is 7.36. The second kappa shape index (κ2) is 6.54. The first-order chi connectivity index (χ1) is 9.28. The van der Waals surface area contributed by atoms with Crippen molar-refractivity contribution in [2.45, 2.75) is 0 Å². The Kier molecular flexibility index (Phi) is 4.50. The molecule has 0 unspecified atom stereocenters. The predicted molar refractivity (Wildman–Crippen MR) is 77.8 cm³/mol. The summed E-state index contributed by atoms with van der Waals surface area (Å²) in [7, 11) is 1.66. The summed E-state index contributed by atoms with van der Waals surface area (Å²) in [4.78, 5) is 0. The molecule has 0 amide bonds. The van der Waals surface area contributed by atoms with Crippen molar-refractivity contribution in [1.29, 1.82) is 0 Å². The number of hydrogen-bond donors (Lipinski definition) is 2. The first kappa shape index (κ1) is 13.1. The quantitative estimate of drug-likeness (QED) is 0.618. The van der Waals surface area contributed by atoms with E-state index < -0.39 is 0 Å². The molecule has 0 aromatic heterocycles. The molecule has 3 N–H and O–H groups in total. The Morgan fingerprint density at radius 3 is 2.58 bits per heavy atom. The molecule has 100 valence electrons. The van der Waals surface area contributed by atoms with Crippen LogP contribution in [0.1, 0.15) is 0 Å². The van der Waals surface area contributed by atoms with E-state index in [9.17, 15) is 0 Å². The number of nitrogens with one attached hydrogen (secondary N) is 1. The number of methoxy groups -OCH3 is 1. The highest BCUT2D eigenvalue weighted by molar-refractivity contribution is 5.48. The van der Waals surface area contributed by atoms with Crippen LogP contribution in [-0.2, 0) is 0 Å². The van der Waals surface area contributed by atoms with Gasteiger partial charge in [-0.2, -0.15) is 0 Å². The molecule has 4 nitrogen and oxygen atoms in total. The van der Waals surface area contributed by atoms with E-state index in [0.717, 1.165) is 29.4 Å². The minimum atomic E-state index is 0.584. The lowest BCUT2D eigenvalue weighted by molar-refractivity contribution is 0.333. The number of nitrogens with two attached hydrogens (primary N) is 1. The minimum absolute atomic E-state index is 0.584. The van der Waals surface area contributed by atoms with Gasteiger partial charge in [-0.3, -0.25) is 0 Å². The fourth-order valence-corrected chi connectivity index (χ4v) is 1.66. The molecule has 0 aliphatic heterocycles. The molecule has 2 rings (SSSR count). The summed E-state index contributed by atoms with van der Waals surface area (Å²) in [6.07, 6.45) is 0. The summed E-state index contributed by atoms with van der Waals surface area (Å²) in [6, 6.07) is 15.2. The average molecular weight is 258 g/mol. The lowest BCUT2D eigenvalue weighted by atomic mass is 10.3.